The maximum absolute atomic E-state index is 6.65. The minimum absolute atomic E-state index is 0.0349. The molecule has 3 rings (SSSR count). The summed E-state index contributed by atoms with van der Waals surface area (Å²) in [6, 6.07) is 9.21. The van der Waals surface area contributed by atoms with Gasteiger partial charge in [0.25, 0.3) is 0 Å². The monoisotopic (exact) mass is 243 g/mol. The summed E-state index contributed by atoms with van der Waals surface area (Å²) in [5.41, 5.74) is 9.55. The third kappa shape index (κ3) is 2.33. The van der Waals surface area contributed by atoms with E-state index in [4.69, 9.17) is 5.73 Å². The lowest BCUT2D eigenvalue weighted by Crippen LogP contribution is -2.38. The topological polar surface area (TPSA) is 26.0 Å². The molecule has 98 valence electrons. The average Bonchev–Trinajstić information content (AvgIpc) is 2.94. The van der Waals surface area contributed by atoms with E-state index in [9.17, 15) is 0 Å². The van der Waals surface area contributed by atoms with Gasteiger partial charge < -0.3 is 5.73 Å². The van der Waals surface area contributed by atoms with Gasteiger partial charge >= 0.3 is 0 Å². The summed E-state index contributed by atoms with van der Waals surface area (Å²) in [5.74, 6) is 0.803. The van der Waals surface area contributed by atoms with Crippen molar-refractivity contribution in [1.82, 2.24) is 0 Å². The van der Waals surface area contributed by atoms with E-state index in [-0.39, 0.29) is 5.54 Å². The fourth-order valence-corrected chi connectivity index (χ4v) is 3.83. The molecule has 0 heterocycles. The van der Waals surface area contributed by atoms with Gasteiger partial charge in [-0.1, -0.05) is 56.4 Å². The van der Waals surface area contributed by atoms with Crippen LogP contribution in [0.2, 0.25) is 0 Å². The van der Waals surface area contributed by atoms with Gasteiger partial charge in [-0.05, 0) is 42.7 Å². The Morgan fingerprint density at radius 2 is 1.67 bits per heavy atom. The molecule has 0 bridgehead atoms. The molecule has 2 N–H and O–H groups in total. The predicted octanol–water partition coefficient (Wildman–Crippen LogP) is 4.46. The highest BCUT2D eigenvalue weighted by molar-refractivity contribution is 5.32. The van der Waals surface area contributed by atoms with E-state index < -0.39 is 0 Å². The van der Waals surface area contributed by atoms with E-state index in [1.807, 2.05) is 0 Å². The first-order valence-corrected chi connectivity index (χ1v) is 7.67. The van der Waals surface area contributed by atoms with Crippen molar-refractivity contribution in [3.05, 3.63) is 35.4 Å². The zero-order valence-electron chi connectivity index (χ0n) is 11.3. The van der Waals surface area contributed by atoms with E-state index >= 15 is 0 Å². The van der Waals surface area contributed by atoms with Crippen LogP contribution in [0.4, 0.5) is 0 Å². The molecule has 0 saturated heterocycles. The van der Waals surface area contributed by atoms with Gasteiger partial charge in [0.1, 0.15) is 0 Å². The standard InChI is InChI=1S/C17H25N/c18-17(11-4-1-5-12-17)16-10-6-9-15(13-16)14-7-2-3-8-14/h6,9-10,13-14H,1-5,7-8,11-12,18H2. The molecule has 1 heteroatoms. The van der Waals surface area contributed by atoms with Crippen LogP contribution in [0, 0.1) is 0 Å². The molecule has 1 aromatic carbocycles. The second kappa shape index (κ2) is 5.05. The molecule has 0 aliphatic heterocycles. The molecule has 2 aliphatic carbocycles. The summed E-state index contributed by atoms with van der Waals surface area (Å²) in [6.07, 6.45) is 11.9. The maximum Gasteiger partial charge on any atom is 0.0409 e. The Morgan fingerprint density at radius 3 is 2.39 bits per heavy atom. The van der Waals surface area contributed by atoms with Crippen molar-refractivity contribution >= 4 is 0 Å². The lowest BCUT2D eigenvalue weighted by Gasteiger charge is -2.34. The Bertz CT molecular complexity index is 398. The Kier molecular flexibility index (Phi) is 3.43. The van der Waals surface area contributed by atoms with Crippen molar-refractivity contribution in [2.45, 2.75) is 69.2 Å². The molecule has 0 spiro atoms. The van der Waals surface area contributed by atoms with Crippen LogP contribution in [0.15, 0.2) is 24.3 Å². The van der Waals surface area contributed by atoms with E-state index in [0.717, 1.165) is 5.92 Å². The van der Waals surface area contributed by atoms with Gasteiger partial charge in [0.2, 0.25) is 0 Å². The van der Waals surface area contributed by atoms with Crippen LogP contribution in [0.1, 0.15) is 74.8 Å². The average molecular weight is 243 g/mol. The Hall–Kier alpha value is -0.820. The van der Waals surface area contributed by atoms with Crippen LogP contribution in [0.25, 0.3) is 0 Å². The molecule has 1 aromatic rings. The maximum atomic E-state index is 6.65. The minimum atomic E-state index is -0.0349. The highest BCUT2D eigenvalue weighted by Gasteiger charge is 2.30. The molecule has 0 unspecified atom stereocenters. The first kappa shape index (κ1) is 12.2. The predicted molar refractivity (Wildman–Crippen MR) is 76.6 cm³/mol. The molecular formula is C17H25N. The third-order valence-electron chi connectivity index (χ3n) is 5.03. The molecule has 2 saturated carbocycles. The van der Waals surface area contributed by atoms with Crippen LogP contribution in [-0.4, -0.2) is 0 Å². The number of hydrogen-bond donors (Lipinski definition) is 1. The Labute approximate surface area is 111 Å². The SMILES string of the molecule is NC1(c2cccc(C3CCCC3)c2)CCCCC1. The van der Waals surface area contributed by atoms with Crippen LogP contribution < -0.4 is 5.73 Å². The van der Waals surface area contributed by atoms with E-state index in [0.29, 0.717) is 0 Å². The van der Waals surface area contributed by atoms with Crippen LogP contribution in [0.5, 0.6) is 0 Å². The summed E-state index contributed by atoms with van der Waals surface area (Å²) >= 11 is 0. The van der Waals surface area contributed by atoms with Crippen molar-refractivity contribution in [2.24, 2.45) is 5.73 Å². The Morgan fingerprint density at radius 1 is 0.944 bits per heavy atom. The van der Waals surface area contributed by atoms with Gasteiger partial charge in [-0.2, -0.15) is 0 Å². The largest absolute Gasteiger partial charge is 0.321 e. The molecule has 0 amide bonds. The summed E-state index contributed by atoms with van der Waals surface area (Å²) < 4.78 is 0. The first-order valence-electron chi connectivity index (χ1n) is 7.67. The highest BCUT2D eigenvalue weighted by atomic mass is 14.7. The van der Waals surface area contributed by atoms with E-state index in [1.54, 1.807) is 5.56 Å². The molecule has 0 radical (unpaired) electrons. The van der Waals surface area contributed by atoms with Crippen LogP contribution >= 0.6 is 0 Å². The zero-order chi connectivity index (χ0) is 12.4. The van der Waals surface area contributed by atoms with E-state index in [1.165, 1.54) is 63.4 Å². The van der Waals surface area contributed by atoms with E-state index in [2.05, 4.69) is 24.3 Å². The second-order valence-electron chi connectivity index (χ2n) is 6.32. The third-order valence-corrected chi connectivity index (χ3v) is 5.03. The number of nitrogens with two attached hydrogens (primary N) is 1. The molecule has 0 atom stereocenters. The number of hydrogen-bond acceptors (Lipinski definition) is 1. The van der Waals surface area contributed by atoms with Crippen molar-refractivity contribution in [3.8, 4) is 0 Å². The number of rotatable bonds is 2. The second-order valence-corrected chi connectivity index (χ2v) is 6.32. The molecular weight excluding hydrogens is 218 g/mol. The van der Waals surface area contributed by atoms with Crippen LogP contribution in [0.3, 0.4) is 0 Å². The smallest absolute Gasteiger partial charge is 0.0409 e. The summed E-state index contributed by atoms with van der Waals surface area (Å²) in [4.78, 5) is 0. The van der Waals surface area contributed by atoms with Crippen LogP contribution in [-0.2, 0) is 5.54 Å². The van der Waals surface area contributed by atoms with Crippen molar-refractivity contribution in [1.29, 1.82) is 0 Å². The minimum Gasteiger partial charge on any atom is -0.321 e. The summed E-state index contributed by atoms with van der Waals surface area (Å²) in [5, 5.41) is 0. The zero-order valence-corrected chi connectivity index (χ0v) is 11.3. The van der Waals surface area contributed by atoms with Gasteiger partial charge in [-0.15, -0.1) is 0 Å². The quantitative estimate of drug-likeness (QED) is 0.815. The first-order chi connectivity index (χ1) is 8.78. The molecule has 2 fully saturated rings. The lowest BCUT2D eigenvalue weighted by atomic mass is 9.76. The van der Waals surface area contributed by atoms with Crippen molar-refractivity contribution < 1.29 is 0 Å². The molecule has 1 nitrogen and oxygen atoms in total. The lowest BCUT2D eigenvalue weighted by molar-refractivity contribution is 0.302. The fourth-order valence-electron chi connectivity index (χ4n) is 3.83. The highest BCUT2D eigenvalue weighted by Crippen LogP contribution is 2.38. The summed E-state index contributed by atoms with van der Waals surface area (Å²) in [6.45, 7) is 0. The fraction of sp³-hybridized carbons (Fsp3) is 0.647. The van der Waals surface area contributed by atoms with Gasteiger partial charge in [0, 0.05) is 5.54 Å². The molecule has 0 aromatic heterocycles. The van der Waals surface area contributed by atoms with Gasteiger partial charge in [-0.25, -0.2) is 0 Å². The van der Waals surface area contributed by atoms with Gasteiger partial charge in [0.15, 0.2) is 0 Å². The summed E-state index contributed by atoms with van der Waals surface area (Å²) in [7, 11) is 0. The van der Waals surface area contributed by atoms with Crippen molar-refractivity contribution in [2.75, 3.05) is 0 Å². The number of benzene rings is 1. The van der Waals surface area contributed by atoms with Gasteiger partial charge in [0.05, 0.1) is 0 Å². The Balaban J connectivity index is 1.85. The molecule has 18 heavy (non-hydrogen) atoms. The molecule has 2 aliphatic rings. The van der Waals surface area contributed by atoms with Gasteiger partial charge in [-0.3, -0.25) is 0 Å². The normalized spacial score (nSPS) is 24.3. The van der Waals surface area contributed by atoms with Crippen molar-refractivity contribution in [3.63, 3.8) is 0 Å².